The van der Waals surface area contributed by atoms with E-state index >= 15 is 0 Å². The molecule has 1 fully saturated rings. The topological polar surface area (TPSA) is 91.1 Å². The summed E-state index contributed by atoms with van der Waals surface area (Å²) < 4.78 is 41.7. The molecule has 0 aliphatic heterocycles. The normalized spacial score (nSPS) is 19.7. The second kappa shape index (κ2) is 9.38. The highest BCUT2D eigenvalue weighted by atomic mass is 32.2. The summed E-state index contributed by atoms with van der Waals surface area (Å²) >= 11 is 0. The number of sulfonamides is 1. The number of halogens is 1. The molecule has 0 spiro atoms. The van der Waals surface area contributed by atoms with Gasteiger partial charge in [0.2, 0.25) is 15.9 Å². The fraction of sp³-hybridized carbons (Fsp3) is 0.320. The average molecular weight is 468 g/mol. The Balaban J connectivity index is 1.33. The summed E-state index contributed by atoms with van der Waals surface area (Å²) in [5.74, 6) is 1.96. The van der Waals surface area contributed by atoms with E-state index in [2.05, 4.69) is 20.9 Å². The van der Waals surface area contributed by atoms with E-state index in [1.807, 2.05) is 6.92 Å². The molecule has 4 rings (SSSR count). The first-order valence-electron chi connectivity index (χ1n) is 10.9. The number of nitrogens with one attached hydrogen (secondary N) is 3. The average Bonchev–Trinajstić information content (AvgIpc) is 3.22. The number of fused-ring (bicyclic) bond motifs is 1. The van der Waals surface area contributed by atoms with E-state index < -0.39 is 10.0 Å². The Bertz CT molecular complexity index is 1300. The van der Waals surface area contributed by atoms with Crippen LogP contribution < -0.4 is 10.0 Å². The maximum atomic E-state index is 13.1. The van der Waals surface area contributed by atoms with E-state index in [-0.39, 0.29) is 34.6 Å². The van der Waals surface area contributed by atoms with Gasteiger partial charge in [0.15, 0.2) is 0 Å². The summed E-state index contributed by atoms with van der Waals surface area (Å²) in [6, 6.07) is 12.3. The Hall–Kier alpha value is -3.15. The molecule has 1 saturated carbocycles. The van der Waals surface area contributed by atoms with Crippen LogP contribution in [-0.2, 0) is 14.8 Å². The lowest BCUT2D eigenvalue weighted by Gasteiger charge is -2.29. The van der Waals surface area contributed by atoms with Crippen LogP contribution in [0.2, 0.25) is 0 Å². The lowest BCUT2D eigenvalue weighted by Crippen LogP contribution is -2.41. The van der Waals surface area contributed by atoms with Crippen LogP contribution in [-0.4, -0.2) is 25.4 Å². The van der Waals surface area contributed by atoms with Crippen LogP contribution in [0.25, 0.3) is 10.9 Å². The van der Waals surface area contributed by atoms with Crippen molar-refractivity contribution in [3.8, 4) is 12.3 Å². The minimum absolute atomic E-state index is 0.0605. The number of aromatic amines is 1. The zero-order valence-electron chi connectivity index (χ0n) is 18.3. The number of carbonyl (C=O) groups excluding carboxylic acids is 1. The van der Waals surface area contributed by atoms with Crippen LogP contribution >= 0.6 is 0 Å². The highest BCUT2D eigenvalue weighted by Gasteiger charge is 2.30. The lowest BCUT2D eigenvalue weighted by molar-refractivity contribution is -0.126. The van der Waals surface area contributed by atoms with Gasteiger partial charge in [-0.1, -0.05) is 24.1 Å². The Morgan fingerprint density at radius 2 is 1.82 bits per heavy atom. The predicted octanol–water partition coefficient (Wildman–Crippen LogP) is 4.00. The number of terminal acetylenes is 1. The van der Waals surface area contributed by atoms with E-state index in [1.54, 1.807) is 36.4 Å². The van der Waals surface area contributed by atoms with Gasteiger partial charge in [-0.2, -0.15) is 0 Å². The molecule has 0 radical (unpaired) electrons. The zero-order chi connectivity index (χ0) is 23.6. The van der Waals surface area contributed by atoms with Gasteiger partial charge in [0, 0.05) is 22.9 Å². The van der Waals surface area contributed by atoms with Crippen LogP contribution in [0, 0.1) is 24.1 Å². The first-order chi connectivity index (χ1) is 15.7. The summed E-state index contributed by atoms with van der Waals surface area (Å²) in [5.41, 5.74) is 2.10. The van der Waals surface area contributed by atoms with Crippen molar-refractivity contribution in [1.29, 1.82) is 0 Å². The number of hydrogen-bond acceptors (Lipinski definition) is 3. The van der Waals surface area contributed by atoms with Crippen LogP contribution in [0.5, 0.6) is 0 Å². The Morgan fingerprint density at radius 3 is 2.48 bits per heavy atom. The quantitative estimate of drug-likeness (QED) is 0.479. The summed E-state index contributed by atoms with van der Waals surface area (Å²) in [7, 11) is -3.70. The zero-order valence-corrected chi connectivity index (χ0v) is 19.1. The molecular formula is C25H26FN3O3S. The van der Waals surface area contributed by atoms with Crippen molar-refractivity contribution in [3.63, 3.8) is 0 Å². The Kier molecular flexibility index (Phi) is 6.54. The first-order valence-corrected chi connectivity index (χ1v) is 12.4. The molecule has 1 amide bonds. The number of amides is 1. The van der Waals surface area contributed by atoms with Gasteiger partial charge >= 0.3 is 0 Å². The summed E-state index contributed by atoms with van der Waals surface area (Å²) in [4.78, 5) is 15.9. The highest BCUT2D eigenvalue weighted by molar-refractivity contribution is 7.89. The molecule has 1 aromatic heterocycles. The van der Waals surface area contributed by atoms with E-state index in [0.29, 0.717) is 36.9 Å². The van der Waals surface area contributed by atoms with E-state index in [0.717, 1.165) is 10.9 Å². The Morgan fingerprint density at radius 1 is 1.12 bits per heavy atom. The van der Waals surface area contributed by atoms with Crippen LogP contribution in [0.3, 0.4) is 0 Å². The van der Waals surface area contributed by atoms with Crippen molar-refractivity contribution in [3.05, 3.63) is 65.6 Å². The van der Waals surface area contributed by atoms with E-state index in [1.165, 1.54) is 12.1 Å². The van der Waals surface area contributed by atoms with Gasteiger partial charge in [0.25, 0.3) is 0 Å². The maximum absolute atomic E-state index is 13.1. The highest BCUT2D eigenvalue weighted by Crippen LogP contribution is 2.27. The minimum Gasteiger partial charge on any atom is -0.349 e. The maximum Gasteiger partial charge on any atom is 0.240 e. The molecule has 3 aromatic rings. The number of aromatic nitrogens is 1. The van der Waals surface area contributed by atoms with Crippen LogP contribution in [0.4, 0.5) is 4.39 Å². The third-order valence-corrected chi connectivity index (χ3v) is 7.73. The molecule has 1 aliphatic carbocycles. The molecule has 6 nitrogen and oxygen atoms in total. The van der Waals surface area contributed by atoms with Gasteiger partial charge in [-0.3, -0.25) is 4.79 Å². The standard InChI is InChI=1S/C25H26FN3O3S/c1-3-21-14-19-8-13-23(15-24(19)28-21)33(31,32)29-22-11-6-18(7-12-22)25(30)27-16(2)17-4-9-20(26)10-5-17/h1,4-5,8-10,13-16,18,22,28-29H,6-7,11-12H2,2H3,(H,27,30). The smallest absolute Gasteiger partial charge is 0.240 e. The van der Waals surface area contributed by atoms with Crippen molar-refractivity contribution in [2.24, 2.45) is 5.92 Å². The van der Waals surface area contributed by atoms with Crippen molar-refractivity contribution in [1.82, 2.24) is 15.0 Å². The van der Waals surface area contributed by atoms with Crippen LogP contribution in [0.1, 0.15) is 49.9 Å². The number of H-pyrrole nitrogens is 1. The molecule has 8 heteroatoms. The van der Waals surface area contributed by atoms with Crippen molar-refractivity contribution in [2.45, 2.75) is 49.6 Å². The number of carbonyl (C=O) groups is 1. The SMILES string of the molecule is C#Cc1cc2ccc(S(=O)(=O)NC3CCC(C(=O)NC(C)c4ccc(F)cc4)CC3)cc2[nH]1. The Labute approximate surface area is 193 Å². The molecule has 1 heterocycles. The summed E-state index contributed by atoms with van der Waals surface area (Å²) in [6.07, 6.45) is 7.74. The minimum atomic E-state index is -3.70. The molecule has 33 heavy (non-hydrogen) atoms. The third kappa shape index (κ3) is 5.27. The van der Waals surface area contributed by atoms with Crippen molar-refractivity contribution >= 4 is 26.8 Å². The van der Waals surface area contributed by atoms with Gasteiger partial charge in [0.05, 0.1) is 16.6 Å². The second-order valence-electron chi connectivity index (χ2n) is 8.53. The second-order valence-corrected chi connectivity index (χ2v) is 10.2. The monoisotopic (exact) mass is 467 g/mol. The predicted molar refractivity (Wildman–Crippen MR) is 125 cm³/mol. The lowest BCUT2D eigenvalue weighted by atomic mass is 9.85. The van der Waals surface area contributed by atoms with Gasteiger partial charge in [-0.15, -0.1) is 6.42 Å². The molecule has 1 aliphatic rings. The van der Waals surface area contributed by atoms with Gasteiger partial charge in [-0.05, 0) is 68.5 Å². The summed E-state index contributed by atoms with van der Waals surface area (Å²) in [5, 5.41) is 3.83. The van der Waals surface area contributed by atoms with E-state index in [4.69, 9.17) is 6.42 Å². The molecule has 1 unspecified atom stereocenters. The molecule has 0 saturated heterocycles. The van der Waals surface area contributed by atoms with Gasteiger partial charge in [-0.25, -0.2) is 17.5 Å². The summed E-state index contributed by atoms with van der Waals surface area (Å²) in [6.45, 7) is 1.86. The molecular weight excluding hydrogens is 441 g/mol. The fourth-order valence-electron chi connectivity index (χ4n) is 4.28. The molecule has 172 valence electrons. The van der Waals surface area contributed by atoms with Gasteiger partial charge in [0.1, 0.15) is 5.82 Å². The molecule has 3 N–H and O–H groups in total. The molecule has 0 bridgehead atoms. The largest absolute Gasteiger partial charge is 0.349 e. The van der Waals surface area contributed by atoms with Crippen LogP contribution in [0.15, 0.2) is 53.4 Å². The van der Waals surface area contributed by atoms with Crippen molar-refractivity contribution < 1.29 is 17.6 Å². The number of hydrogen-bond donors (Lipinski definition) is 3. The van der Waals surface area contributed by atoms with Gasteiger partial charge < -0.3 is 10.3 Å². The number of benzene rings is 2. The third-order valence-electron chi connectivity index (χ3n) is 6.21. The van der Waals surface area contributed by atoms with E-state index in [9.17, 15) is 17.6 Å². The number of rotatable bonds is 6. The fourth-order valence-corrected chi connectivity index (χ4v) is 5.61. The van der Waals surface area contributed by atoms with Crippen molar-refractivity contribution in [2.75, 3.05) is 0 Å². The molecule has 2 aromatic carbocycles. The molecule has 1 atom stereocenters. The first kappa shape index (κ1) is 23.0.